The molecule has 126 valence electrons. The molecule has 24 heavy (non-hydrogen) atoms. The van der Waals surface area contributed by atoms with E-state index in [1.807, 2.05) is 13.8 Å². The quantitative estimate of drug-likeness (QED) is 0.730. The van der Waals surface area contributed by atoms with Gasteiger partial charge in [-0.3, -0.25) is 9.78 Å². The number of alkyl halides is 3. The number of aromatic amines is 1. The lowest BCUT2D eigenvalue weighted by Crippen LogP contribution is -2.13. The minimum Gasteiger partial charge on any atom is -0.310 e. The van der Waals surface area contributed by atoms with Gasteiger partial charge in [0.15, 0.2) is 0 Å². The summed E-state index contributed by atoms with van der Waals surface area (Å²) >= 11 is 7.29. The second kappa shape index (κ2) is 5.86. The summed E-state index contributed by atoms with van der Waals surface area (Å²) in [6, 6.07) is 0.819. The van der Waals surface area contributed by atoms with Crippen LogP contribution in [0.15, 0.2) is 17.1 Å². The summed E-state index contributed by atoms with van der Waals surface area (Å²) in [7, 11) is 0. The van der Waals surface area contributed by atoms with Gasteiger partial charge in [-0.05, 0) is 25.5 Å². The number of fused-ring (bicyclic) bond motifs is 1. The summed E-state index contributed by atoms with van der Waals surface area (Å²) in [6.45, 7) is 3.74. The van der Waals surface area contributed by atoms with Crippen LogP contribution in [0.4, 0.5) is 13.2 Å². The van der Waals surface area contributed by atoms with Crippen molar-refractivity contribution in [1.82, 2.24) is 15.0 Å². The van der Waals surface area contributed by atoms with Gasteiger partial charge in [0.05, 0.1) is 21.7 Å². The Kier molecular flexibility index (Phi) is 4.13. The van der Waals surface area contributed by atoms with E-state index in [-0.39, 0.29) is 22.7 Å². The van der Waals surface area contributed by atoms with Crippen molar-refractivity contribution >= 4 is 33.2 Å². The first-order valence-electron chi connectivity index (χ1n) is 6.87. The lowest BCUT2D eigenvalue weighted by atomic mass is 10.2. The summed E-state index contributed by atoms with van der Waals surface area (Å²) in [5, 5.41) is 0.416. The van der Waals surface area contributed by atoms with Crippen molar-refractivity contribution in [1.29, 1.82) is 0 Å². The molecule has 0 aliphatic carbocycles. The van der Waals surface area contributed by atoms with E-state index < -0.39 is 11.7 Å². The number of halogens is 4. The Balaban J connectivity index is 2.00. The highest BCUT2D eigenvalue weighted by molar-refractivity contribution is 7.18. The van der Waals surface area contributed by atoms with Gasteiger partial charge < -0.3 is 4.98 Å². The normalized spacial score (nSPS) is 12.1. The molecule has 0 fully saturated rings. The number of nitrogens with zero attached hydrogens (tertiary/aromatic N) is 2. The van der Waals surface area contributed by atoms with E-state index >= 15 is 0 Å². The average molecular weight is 374 g/mol. The molecule has 3 aromatic rings. The monoisotopic (exact) mass is 373 g/mol. The molecule has 0 atom stereocenters. The topological polar surface area (TPSA) is 58.6 Å². The van der Waals surface area contributed by atoms with Crippen LogP contribution in [-0.2, 0) is 12.6 Å². The molecule has 3 rings (SSSR count). The minimum absolute atomic E-state index is 0.0398. The molecule has 0 amide bonds. The maximum Gasteiger partial charge on any atom is 0.417 e. The zero-order valence-corrected chi connectivity index (χ0v) is 14.2. The fourth-order valence-corrected chi connectivity index (χ4v) is 3.57. The van der Waals surface area contributed by atoms with Crippen molar-refractivity contribution in [3.8, 4) is 0 Å². The van der Waals surface area contributed by atoms with Gasteiger partial charge in [0.2, 0.25) is 0 Å². The number of aromatic nitrogens is 3. The third kappa shape index (κ3) is 3.03. The number of H-pyrrole nitrogens is 1. The van der Waals surface area contributed by atoms with Crippen LogP contribution in [0.5, 0.6) is 0 Å². The van der Waals surface area contributed by atoms with Crippen LogP contribution in [-0.4, -0.2) is 15.0 Å². The van der Waals surface area contributed by atoms with Crippen LogP contribution in [0.3, 0.4) is 0 Å². The molecular formula is C15H11ClF3N3OS. The molecule has 3 aromatic heterocycles. The Bertz CT molecular complexity index is 994. The maximum atomic E-state index is 12.6. The van der Waals surface area contributed by atoms with Crippen LogP contribution in [0.25, 0.3) is 10.2 Å². The van der Waals surface area contributed by atoms with Crippen molar-refractivity contribution in [2.24, 2.45) is 0 Å². The smallest absolute Gasteiger partial charge is 0.310 e. The van der Waals surface area contributed by atoms with Gasteiger partial charge in [-0.1, -0.05) is 11.6 Å². The number of thiophene rings is 1. The molecule has 0 saturated heterocycles. The number of aryl methyl sites for hydroxylation is 2. The van der Waals surface area contributed by atoms with Crippen LogP contribution >= 0.6 is 22.9 Å². The highest BCUT2D eigenvalue weighted by Crippen LogP contribution is 2.31. The first-order chi connectivity index (χ1) is 11.2. The first-order valence-corrected chi connectivity index (χ1v) is 8.06. The molecule has 3 heterocycles. The van der Waals surface area contributed by atoms with Crippen LogP contribution in [0.2, 0.25) is 5.02 Å². The predicted molar refractivity (Wildman–Crippen MR) is 86.8 cm³/mol. The van der Waals surface area contributed by atoms with E-state index in [0.717, 1.165) is 22.7 Å². The second-order valence-corrected chi connectivity index (χ2v) is 6.91. The lowest BCUT2D eigenvalue weighted by Gasteiger charge is -2.09. The molecule has 9 heteroatoms. The number of nitrogens with one attached hydrogen (secondary N) is 1. The van der Waals surface area contributed by atoms with Gasteiger partial charge >= 0.3 is 6.18 Å². The fourth-order valence-electron chi connectivity index (χ4n) is 2.29. The molecule has 4 nitrogen and oxygen atoms in total. The van der Waals surface area contributed by atoms with Gasteiger partial charge in [-0.25, -0.2) is 4.98 Å². The van der Waals surface area contributed by atoms with E-state index in [4.69, 9.17) is 11.6 Å². The molecule has 1 N–H and O–H groups in total. The highest BCUT2D eigenvalue weighted by Gasteiger charge is 2.31. The van der Waals surface area contributed by atoms with E-state index in [9.17, 15) is 18.0 Å². The molecule has 0 aliphatic rings. The Morgan fingerprint density at radius 3 is 2.67 bits per heavy atom. The molecule has 0 aliphatic heterocycles. The maximum absolute atomic E-state index is 12.6. The van der Waals surface area contributed by atoms with Crippen molar-refractivity contribution in [3.05, 3.63) is 55.2 Å². The number of pyridine rings is 1. The Labute approximate surface area is 143 Å². The van der Waals surface area contributed by atoms with Crippen molar-refractivity contribution in [2.45, 2.75) is 26.4 Å². The Morgan fingerprint density at radius 2 is 2.04 bits per heavy atom. The Hall–Kier alpha value is -1.93. The molecule has 0 bridgehead atoms. The van der Waals surface area contributed by atoms with Crippen LogP contribution in [0.1, 0.15) is 27.5 Å². The molecule has 0 saturated carbocycles. The van der Waals surface area contributed by atoms with Gasteiger partial charge in [0, 0.05) is 17.5 Å². The molecule has 0 spiro atoms. The van der Waals surface area contributed by atoms with Crippen LogP contribution < -0.4 is 5.56 Å². The van der Waals surface area contributed by atoms with E-state index in [2.05, 4.69) is 15.0 Å². The average Bonchev–Trinajstić information content (AvgIpc) is 2.75. The SMILES string of the molecule is Cc1sc2nc(Cc3ncc(C(F)(F)F)cc3Cl)[nH]c(=O)c2c1C. The third-order valence-corrected chi connectivity index (χ3v) is 5.10. The summed E-state index contributed by atoms with van der Waals surface area (Å²) in [6.07, 6.45) is -3.75. The standard InChI is InChI=1S/C15H11ClF3N3OS/c1-6-7(2)24-14-12(6)13(23)21-11(22-14)4-10-9(16)3-8(5-20-10)15(17,18)19/h3,5H,4H2,1-2H3,(H,21,22,23). The third-order valence-electron chi connectivity index (χ3n) is 3.67. The summed E-state index contributed by atoms with van der Waals surface area (Å²) in [4.78, 5) is 24.6. The lowest BCUT2D eigenvalue weighted by molar-refractivity contribution is -0.137. The fraction of sp³-hybridized carbons (Fsp3) is 0.267. The number of rotatable bonds is 2. The first kappa shape index (κ1) is 16.9. The van der Waals surface area contributed by atoms with Crippen LogP contribution in [0, 0.1) is 13.8 Å². The summed E-state index contributed by atoms with van der Waals surface area (Å²) < 4.78 is 37.9. The highest BCUT2D eigenvalue weighted by atomic mass is 35.5. The van der Waals surface area contributed by atoms with E-state index in [1.165, 1.54) is 11.3 Å². The van der Waals surface area contributed by atoms with Crippen molar-refractivity contribution < 1.29 is 13.2 Å². The van der Waals surface area contributed by atoms with E-state index in [0.29, 0.717) is 16.0 Å². The van der Waals surface area contributed by atoms with Gasteiger partial charge in [0.25, 0.3) is 5.56 Å². The molecular weight excluding hydrogens is 363 g/mol. The van der Waals surface area contributed by atoms with Gasteiger partial charge in [0.1, 0.15) is 10.7 Å². The van der Waals surface area contributed by atoms with Gasteiger partial charge in [-0.15, -0.1) is 11.3 Å². The van der Waals surface area contributed by atoms with Crippen molar-refractivity contribution in [2.75, 3.05) is 0 Å². The van der Waals surface area contributed by atoms with Gasteiger partial charge in [-0.2, -0.15) is 13.2 Å². The zero-order chi connectivity index (χ0) is 17.6. The molecule has 0 aromatic carbocycles. The number of hydrogen-bond donors (Lipinski definition) is 1. The largest absolute Gasteiger partial charge is 0.417 e. The summed E-state index contributed by atoms with van der Waals surface area (Å²) in [5.74, 6) is 0.308. The molecule has 0 unspecified atom stereocenters. The molecule has 0 radical (unpaired) electrons. The predicted octanol–water partition coefficient (Wildman–Crippen LogP) is 4.26. The Morgan fingerprint density at radius 1 is 1.33 bits per heavy atom. The van der Waals surface area contributed by atoms with Crippen molar-refractivity contribution in [3.63, 3.8) is 0 Å². The minimum atomic E-state index is -4.51. The number of hydrogen-bond acceptors (Lipinski definition) is 4. The zero-order valence-electron chi connectivity index (χ0n) is 12.6. The summed E-state index contributed by atoms with van der Waals surface area (Å²) in [5.41, 5.74) is -0.101. The van der Waals surface area contributed by atoms with E-state index in [1.54, 1.807) is 0 Å². The second-order valence-electron chi connectivity index (χ2n) is 5.30.